The van der Waals surface area contributed by atoms with Crippen molar-refractivity contribution in [2.45, 2.75) is 12.8 Å². The Labute approximate surface area is 119 Å². The van der Waals surface area contributed by atoms with Crippen molar-refractivity contribution in [3.8, 4) is 29.6 Å². The first-order chi connectivity index (χ1) is 9.57. The molecule has 0 saturated carbocycles. The van der Waals surface area contributed by atoms with Crippen molar-refractivity contribution in [2.75, 3.05) is 21.3 Å². The number of carbonyl (C=O) groups is 1. The summed E-state index contributed by atoms with van der Waals surface area (Å²) in [6.07, 6.45) is 5.98. The fourth-order valence-electron chi connectivity index (χ4n) is 1.95. The average Bonchev–Trinajstić information content (AvgIpc) is 2.45. The zero-order valence-corrected chi connectivity index (χ0v) is 11.9. The molecule has 1 amide bonds. The van der Waals surface area contributed by atoms with E-state index in [0.717, 1.165) is 5.56 Å². The summed E-state index contributed by atoms with van der Waals surface area (Å²) in [6.45, 7) is 0. The predicted molar refractivity (Wildman–Crippen MR) is 75.9 cm³/mol. The lowest BCUT2D eigenvalue weighted by molar-refractivity contribution is -0.121. The van der Waals surface area contributed by atoms with E-state index in [9.17, 15) is 4.79 Å². The number of terminal acetylenes is 1. The minimum absolute atomic E-state index is 0.298. The molecule has 108 valence electrons. The Morgan fingerprint density at radius 1 is 1.25 bits per heavy atom. The molecule has 0 bridgehead atoms. The second kappa shape index (κ2) is 7.29. The molecule has 1 rings (SSSR count). The SMILES string of the molecule is C#CCC(Cc1cc(OC)c(OC)c(OC)c1)C(N)=O. The van der Waals surface area contributed by atoms with E-state index in [2.05, 4.69) is 5.92 Å². The molecule has 2 N–H and O–H groups in total. The van der Waals surface area contributed by atoms with Crippen LogP contribution in [0, 0.1) is 18.3 Å². The fourth-order valence-corrected chi connectivity index (χ4v) is 1.95. The van der Waals surface area contributed by atoms with E-state index in [4.69, 9.17) is 26.4 Å². The van der Waals surface area contributed by atoms with Gasteiger partial charge < -0.3 is 19.9 Å². The van der Waals surface area contributed by atoms with Crippen LogP contribution in [0.2, 0.25) is 0 Å². The molecule has 0 aromatic heterocycles. The third-order valence-corrected chi connectivity index (χ3v) is 2.97. The molecular formula is C15H19NO4. The first-order valence-corrected chi connectivity index (χ1v) is 6.09. The lowest BCUT2D eigenvalue weighted by Crippen LogP contribution is -2.24. The Kier molecular flexibility index (Phi) is 5.73. The Morgan fingerprint density at radius 2 is 1.80 bits per heavy atom. The predicted octanol–water partition coefficient (Wildman–Crippen LogP) is 1.38. The number of methoxy groups -OCH3 is 3. The van der Waals surface area contributed by atoms with E-state index in [1.54, 1.807) is 12.1 Å². The van der Waals surface area contributed by atoms with Gasteiger partial charge in [0.25, 0.3) is 0 Å². The number of hydrogen-bond donors (Lipinski definition) is 1. The number of nitrogens with two attached hydrogens (primary N) is 1. The summed E-state index contributed by atoms with van der Waals surface area (Å²) in [4.78, 5) is 11.4. The van der Waals surface area contributed by atoms with E-state index < -0.39 is 11.8 Å². The van der Waals surface area contributed by atoms with Gasteiger partial charge in [0.2, 0.25) is 11.7 Å². The third kappa shape index (κ3) is 3.58. The van der Waals surface area contributed by atoms with Gasteiger partial charge in [-0.2, -0.15) is 0 Å². The molecule has 0 saturated heterocycles. The molecule has 0 spiro atoms. The van der Waals surface area contributed by atoms with Crippen molar-refractivity contribution in [1.29, 1.82) is 0 Å². The van der Waals surface area contributed by atoms with Crippen molar-refractivity contribution < 1.29 is 19.0 Å². The first kappa shape index (κ1) is 15.7. The largest absolute Gasteiger partial charge is 0.493 e. The average molecular weight is 277 g/mol. The molecule has 0 aliphatic carbocycles. The smallest absolute Gasteiger partial charge is 0.221 e. The molecule has 20 heavy (non-hydrogen) atoms. The second-order valence-electron chi connectivity index (χ2n) is 4.25. The maximum absolute atomic E-state index is 11.4. The van der Waals surface area contributed by atoms with Crippen LogP contribution in [-0.2, 0) is 11.2 Å². The van der Waals surface area contributed by atoms with Crippen LogP contribution in [0.15, 0.2) is 12.1 Å². The second-order valence-corrected chi connectivity index (χ2v) is 4.25. The van der Waals surface area contributed by atoms with Crippen molar-refractivity contribution in [2.24, 2.45) is 11.7 Å². The molecule has 0 aliphatic heterocycles. The Bertz CT molecular complexity index is 494. The molecule has 5 nitrogen and oxygen atoms in total. The van der Waals surface area contributed by atoms with Gasteiger partial charge in [-0.05, 0) is 24.1 Å². The van der Waals surface area contributed by atoms with E-state index >= 15 is 0 Å². The van der Waals surface area contributed by atoms with Crippen molar-refractivity contribution in [3.63, 3.8) is 0 Å². The van der Waals surface area contributed by atoms with Crippen LogP contribution in [0.1, 0.15) is 12.0 Å². The minimum atomic E-state index is -0.420. The molecule has 5 heteroatoms. The van der Waals surface area contributed by atoms with Crippen LogP contribution in [0.3, 0.4) is 0 Å². The number of benzene rings is 1. The highest BCUT2D eigenvalue weighted by atomic mass is 16.5. The fraction of sp³-hybridized carbons (Fsp3) is 0.400. The van der Waals surface area contributed by atoms with Gasteiger partial charge in [-0.3, -0.25) is 4.79 Å². The molecule has 0 radical (unpaired) electrons. The monoisotopic (exact) mass is 277 g/mol. The molecule has 1 aromatic carbocycles. The highest BCUT2D eigenvalue weighted by molar-refractivity contribution is 5.77. The Morgan fingerprint density at radius 3 is 2.15 bits per heavy atom. The molecular weight excluding hydrogens is 258 g/mol. The normalized spacial score (nSPS) is 11.3. The number of carbonyl (C=O) groups excluding carboxylic acids is 1. The van der Waals surface area contributed by atoms with Crippen LogP contribution in [0.4, 0.5) is 0 Å². The van der Waals surface area contributed by atoms with Crippen molar-refractivity contribution >= 4 is 5.91 Å². The summed E-state index contributed by atoms with van der Waals surface area (Å²) in [6, 6.07) is 3.57. The van der Waals surface area contributed by atoms with E-state index in [1.165, 1.54) is 21.3 Å². The first-order valence-electron chi connectivity index (χ1n) is 6.09. The summed E-state index contributed by atoms with van der Waals surface area (Å²) in [7, 11) is 4.60. The summed E-state index contributed by atoms with van der Waals surface area (Å²) in [5.41, 5.74) is 6.19. The van der Waals surface area contributed by atoms with Gasteiger partial charge in [0.05, 0.1) is 27.2 Å². The van der Waals surface area contributed by atoms with Gasteiger partial charge in [0, 0.05) is 6.42 Å². The lowest BCUT2D eigenvalue weighted by atomic mass is 9.95. The lowest BCUT2D eigenvalue weighted by Gasteiger charge is -2.16. The van der Waals surface area contributed by atoms with Crippen LogP contribution in [0.25, 0.3) is 0 Å². The molecule has 1 atom stereocenters. The molecule has 0 heterocycles. The topological polar surface area (TPSA) is 70.8 Å². The number of primary amides is 1. The van der Waals surface area contributed by atoms with Gasteiger partial charge in [-0.1, -0.05) is 0 Å². The summed E-state index contributed by atoms with van der Waals surface area (Å²) in [5, 5.41) is 0. The van der Waals surface area contributed by atoms with Gasteiger partial charge in [0.15, 0.2) is 11.5 Å². The number of ether oxygens (including phenoxy) is 3. The van der Waals surface area contributed by atoms with Crippen molar-refractivity contribution in [1.82, 2.24) is 0 Å². The number of rotatable bonds is 7. The van der Waals surface area contributed by atoms with E-state index in [1.807, 2.05) is 0 Å². The molecule has 1 aromatic rings. The Balaban J connectivity index is 3.13. The van der Waals surface area contributed by atoms with Gasteiger partial charge in [-0.15, -0.1) is 12.3 Å². The zero-order chi connectivity index (χ0) is 15.1. The maximum atomic E-state index is 11.4. The van der Waals surface area contributed by atoms with Crippen LogP contribution in [0.5, 0.6) is 17.2 Å². The van der Waals surface area contributed by atoms with Gasteiger partial charge in [-0.25, -0.2) is 0 Å². The summed E-state index contributed by atoms with van der Waals surface area (Å²) in [5.74, 6) is 3.20. The Hall–Kier alpha value is -2.35. The van der Waals surface area contributed by atoms with Crippen LogP contribution in [-0.4, -0.2) is 27.2 Å². The third-order valence-electron chi connectivity index (χ3n) is 2.97. The summed E-state index contributed by atoms with van der Waals surface area (Å²) < 4.78 is 15.8. The maximum Gasteiger partial charge on any atom is 0.221 e. The van der Waals surface area contributed by atoms with Crippen LogP contribution >= 0.6 is 0 Å². The van der Waals surface area contributed by atoms with E-state index in [0.29, 0.717) is 30.1 Å². The quantitative estimate of drug-likeness (QED) is 0.764. The zero-order valence-electron chi connectivity index (χ0n) is 11.9. The van der Waals surface area contributed by atoms with Gasteiger partial charge >= 0.3 is 0 Å². The molecule has 1 unspecified atom stereocenters. The highest BCUT2D eigenvalue weighted by Crippen LogP contribution is 2.38. The van der Waals surface area contributed by atoms with E-state index in [-0.39, 0.29) is 0 Å². The summed E-state index contributed by atoms with van der Waals surface area (Å²) >= 11 is 0. The standard InChI is InChI=1S/C15H19NO4/c1-5-6-11(15(16)17)7-10-8-12(18-2)14(20-4)13(9-10)19-3/h1,8-9,11H,6-7H2,2-4H3,(H2,16,17). The molecule has 0 fully saturated rings. The van der Waals surface area contributed by atoms with Gasteiger partial charge in [0.1, 0.15) is 0 Å². The minimum Gasteiger partial charge on any atom is -0.493 e. The number of hydrogen-bond acceptors (Lipinski definition) is 4. The number of amides is 1. The molecule has 0 aliphatic rings. The van der Waals surface area contributed by atoms with Crippen LogP contribution < -0.4 is 19.9 Å². The highest BCUT2D eigenvalue weighted by Gasteiger charge is 2.18. The van der Waals surface area contributed by atoms with Crippen molar-refractivity contribution in [3.05, 3.63) is 17.7 Å².